The van der Waals surface area contributed by atoms with E-state index in [0.29, 0.717) is 19.4 Å². The Hall–Kier alpha value is -1.30. The Bertz CT molecular complexity index is 298. The van der Waals surface area contributed by atoms with Gasteiger partial charge in [-0.05, 0) is 33.6 Å². The number of aliphatic hydroxyl groups is 1. The first kappa shape index (κ1) is 18.7. The molecule has 0 aliphatic rings. The maximum absolute atomic E-state index is 11.7. The second-order valence-electron chi connectivity index (χ2n) is 5.66. The summed E-state index contributed by atoms with van der Waals surface area (Å²) in [5, 5.41) is 8.49. The van der Waals surface area contributed by atoms with E-state index in [1.165, 1.54) is 4.90 Å². The molecule has 20 heavy (non-hydrogen) atoms. The van der Waals surface area contributed by atoms with Crippen LogP contribution in [0.4, 0.5) is 4.79 Å². The fraction of sp³-hybridized carbons (Fsp3) is 0.857. The van der Waals surface area contributed by atoms with E-state index in [1.807, 2.05) is 20.8 Å². The van der Waals surface area contributed by atoms with Gasteiger partial charge >= 0.3 is 12.1 Å². The lowest BCUT2D eigenvalue weighted by Crippen LogP contribution is -2.34. The highest BCUT2D eigenvalue weighted by Gasteiger charge is 2.19. The summed E-state index contributed by atoms with van der Waals surface area (Å²) in [7, 11) is 1.70. The third-order valence-corrected chi connectivity index (χ3v) is 2.43. The standard InChI is InChI=1S/C14H27NO5/c1-14(2,3)20-13(18)15(4)9-7-5-6-8-12(17)19-11-10-16/h16H,5-11H2,1-4H3. The Kier molecular flexibility index (Phi) is 8.96. The van der Waals surface area contributed by atoms with E-state index in [4.69, 9.17) is 14.6 Å². The Morgan fingerprint density at radius 2 is 1.80 bits per heavy atom. The van der Waals surface area contributed by atoms with Gasteiger partial charge in [0, 0.05) is 20.0 Å². The molecule has 0 aliphatic heterocycles. The van der Waals surface area contributed by atoms with E-state index < -0.39 is 5.60 Å². The van der Waals surface area contributed by atoms with Crippen molar-refractivity contribution >= 4 is 12.1 Å². The highest BCUT2D eigenvalue weighted by atomic mass is 16.6. The van der Waals surface area contributed by atoms with Gasteiger partial charge in [-0.1, -0.05) is 6.42 Å². The Labute approximate surface area is 121 Å². The van der Waals surface area contributed by atoms with Crippen LogP contribution < -0.4 is 0 Å². The van der Waals surface area contributed by atoms with Crippen molar-refractivity contribution in [2.45, 2.75) is 52.1 Å². The molecule has 0 aromatic heterocycles. The summed E-state index contributed by atoms with van der Waals surface area (Å²) in [6, 6.07) is 0. The molecule has 0 aromatic carbocycles. The molecule has 118 valence electrons. The Balaban J connectivity index is 3.64. The first-order valence-electron chi connectivity index (χ1n) is 6.97. The molecule has 0 saturated heterocycles. The molecule has 0 heterocycles. The van der Waals surface area contributed by atoms with Crippen LogP contribution >= 0.6 is 0 Å². The second-order valence-corrected chi connectivity index (χ2v) is 5.66. The summed E-state index contributed by atoms with van der Waals surface area (Å²) in [5.41, 5.74) is -0.484. The molecule has 0 saturated carbocycles. The van der Waals surface area contributed by atoms with Crippen LogP contribution in [0, 0.1) is 0 Å². The number of rotatable bonds is 8. The molecule has 0 unspecified atom stereocenters. The Morgan fingerprint density at radius 3 is 2.35 bits per heavy atom. The first-order valence-corrected chi connectivity index (χ1v) is 6.97. The van der Waals surface area contributed by atoms with Crippen molar-refractivity contribution in [2.24, 2.45) is 0 Å². The zero-order chi connectivity index (χ0) is 15.6. The number of carbonyl (C=O) groups excluding carboxylic acids is 2. The van der Waals surface area contributed by atoms with Crippen molar-refractivity contribution in [3.63, 3.8) is 0 Å². The van der Waals surface area contributed by atoms with Crippen molar-refractivity contribution in [3.05, 3.63) is 0 Å². The van der Waals surface area contributed by atoms with E-state index in [0.717, 1.165) is 12.8 Å². The molecular weight excluding hydrogens is 262 g/mol. The predicted molar refractivity (Wildman–Crippen MR) is 75.4 cm³/mol. The molecule has 0 aromatic rings. The van der Waals surface area contributed by atoms with Gasteiger partial charge in [0.1, 0.15) is 12.2 Å². The van der Waals surface area contributed by atoms with Gasteiger partial charge in [0.05, 0.1) is 6.61 Å². The smallest absolute Gasteiger partial charge is 0.410 e. The summed E-state index contributed by atoms with van der Waals surface area (Å²) in [6.07, 6.45) is 2.37. The van der Waals surface area contributed by atoms with E-state index in [2.05, 4.69) is 0 Å². The molecule has 6 heteroatoms. The van der Waals surface area contributed by atoms with Crippen LogP contribution in [-0.2, 0) is 14.3 Å². The fourth-order valence-corrected chi connectivity index (χ4v) is 1.46. The normalized spacial score (nSPS) is 11.1. The third kappa shape index (κ3) is 10.6. The van der Waals surface area contributed by atoms with E-state index in [9.17, 15) is 9.59 Å². The molecule has 0 bridgehead atoms. The first-order chi connectivity index (χ1) is 9.26. The number of nitrogens with zero attached hydrogens (tertiary/aromatic N) is 1. The van der Waals surface area contributed by atoms with Crippen molar-refractivity contribution in [3.8, 4) is 0 Å². The van der Waals surface area contributed by atoms with Gasteiger partial charge in [-0.3, -0.25) is 4.79 Å². The van der Waals surface area contributed by atoms with Crippen LogP contribution in [0.15, 0.2) is 0 Å². The average Bonchev–Trinajstić information content (AvgIpc) is 2.33. The lowest BCUT2D eigenvalue weighted by Gasteiger charge is -2.24. The van der Waals surface area contributed by atoms with E-state index >= 15 is 0 Å². The fourth-order valence-electron chi connectivity index (χ4n) is 1.46. The number of carbonyl (C=O) groups is 2. The number of amides is 1. The van der Waals surface area contributed by atoms with E-state index in [1.54, 1.807) is 7.05 Å². The van der Waals surface area contributed by atoms with Gasteiger partial charge < -0.3 is 19.5 Å². The molecule has 1 N–H and O–H groups in total. The van der Waals surface area contributed by atoms with Crippen molar-refractivity contribution < 1.29 is 24.2 Å². The summed E-state index contributed by atoms with van der Waals surface area (Å²) in [4.78, 5) is 24.3. The van der Waals surface area contributed by atoms with Crippen LogP contribution in [-0.4, -0.2) is 54.5 Å². The zero-order valence-corrected chi connectivity index (χ0v) is 13.0. The average molecular weight is 289 g/mol. The van der Waals surface area contributed by atoms with Crippen LogP contribution in [0.5, 0.6) is 0 Å². The zero-order valence-electron chi connectivity index (χ0n) is 13.0. The summed E-state index contributed by atoms with van der Waals surface area (Å²) in [5.74, 6) is -0.292. The van der Waals surface area contributed by atoms with Gasteiger partial charge in [0.25, 0.3) is 0 Å². The minimum absolute atomic E-state index is 0.0558. The van der Waals surface area contributed by atoms with E-state index in [-0.39, 0.29) is 25.3 Å². The SMILES string of the molecule is CN(CCCCCC(=O)OCCO)C(=O)OC(C)(C)C. The number of aliphatic hydroxyl groups excluding tert-OH is 1. The topological polar surface area (TPSA) is 76.1 Å². The lowest BCUT2D eigenvalue weighted by molar-refractivity contribution is -0.144. The van der Waals surface area contributed by atoms with Gasteiger partial charge in [0.2, 0.25) is 0 Å². The number of ether oxygens (including phenoxy) is 2. The van der Waals surface area contributed by atoms with Gasteiger partial charge in [-0.2, -0.15) is 0 Å². The predicted octanol–water partition coefficient (Wildman–Crippen LogP) is 1.95. The monoisotopic (exact) mass is 289 g/mol. The molecular formula is C14H27NO5. The largest absolute Gasteiger partial charge is 0.463 e. The van der Waals surface area contributed by atoms with Crippen LogP contribution in [0.2, 0.25) is 0 Å². The summed E-state index contributed by atoms with van der Waals surface area (Å²) >= 11 is 0. The molecule has 6 nitrogen and oxygen atoms in total. The maximum atomic E-state index is 11.7. The number of esters is 1. The highest BCUT2D eigenvalue weighted by Crippen LogP contribution is 2.10. The molecule has 0 rings (SSSR count). The second kappa shape index (κ2) is 9.58. The van der Waals surface area contributed by atoms with Crippen LogP contribution in [0.25, 0.3) is 0 Å². The minimum Gasteiger partial charge on any atom is -0.463 e. The lowest BCUT2D eigenvalue weighted by atomic mass is 10.2. The Morgan fingerprint density at radius 1 is 1.15 bits per heavy atom. The van der Waals surface area contributed by atoms with Gasteiger partial charge in [-0.15, -0.1) is 0 Å². The van der Waals surface area contributed by atoms with Crippen LogP contribution in [0.1, 0.15) is 46.5 Å². The quantitative estimate of drug-likeness (QED) is 0.546. The number of hydrogen-bond acceptors (Lipinski definition) is 5. The van der Waals surface area contributed by atoms with Gasteiger partial charge in [-0.25, -0.2) is 4.79 Å². The number of unbranched alkanes of at least 4 members (excludes halogenated alkanes) is 2. The molecule has 0 spiro atoms. The molecule has 1 amide bonds. The van der Waals surface area contributed by atoms with Crippen molar-refractivity contribution in [1.29, 1.82) is 0 Å². The van der Waals surface area contributed by atoms with Crippen molar-refractivity contribution in [2.75, 3.05) is 26.8 Å². The third-order valence-electron chi connectivity index (χ3n) is 2.43. The molecule has 0 aliphatic carbocycles. The summed E-state index contributed by atoms with van der Waals surface area (Å²) < 4.78 is 9.97. The molecule has 0 radical (unpaired) electrons. The minimum atomic E-state index is -0.484. The molecule has 0 atom stereocenters. The summed E-state index contributed by atoms with van der Waals surface area (Å²) in [6.45, 7) is 6.00. The van der Waals surface area contributed by atoms with Crippen molar-refractivity contribution in [1.82, 2.24) is 4.90 Å². The molecule has 0 fully saturated rings. The van der Waals surface area contributed by atoms with Gasteiger partial charge in [0.15, 0.2) is 0 Å². The number of hydrogen-bond donors (Lipinski definition) is 1. The highest BCUT2D eigenvalue weighted by molar-refractivity contribution is 5.69. The maximum Gasteiger partial charge on any atom is 0.410 e. The van der Waals surface area contributed by atoms with Crippen LogP contribution in [0.3, 0.4) is 0 Å².